The molecule has 0 radical (unpaired) electrons. The first-order valence-corrected chi connectivity index (χ1v) is 7.75. The molecular formula is C19H21ClN2O. The van der Waals surface area contributed by atoms with E-state index in [1.807, 2.05) is 6.07 Å². The second kappa shape index (κ2) is 6.26. The molecule has 3 nitrogen and oxygen atoms in total. The number of ether oxygens (including phenoxy) is 1. The Hall–Kier alpha value is -1.97. The first kappa shape index (κ1) is 15.9. The van der Waals surface area contributed by atoms with Crippen molar-refractivity contribution in [2.45, 2.75) is 25.4 Å². The van der Waals surface area contributed by atoms with Crippen LogP contribution in [0.1, 0.15) is 29.8 Å². The van der Waals surface area contributed by atoms with E-state index in [0.29, 0.717) is 6.04 Å². The molecule has 0 saturated carbocycles. The average Bonchev–Trinajstić information content (AvgIpc) is 2.92. The van der Waals surface area contributed by atoms with Gasteiger partial charge in [-0.05, 0) is 42.7 Å². The van der Waals surface area contributed by atoms with Gasteiger partial charge in [0, 0.05) is 22.6 Å². The average molecular weight is 329 g/mol. The van der Waals surface area contributed by atoms with E-state index in [1.54, 1.807) is 7.11 Å². The lowest BCUT2D eigenvalue weighted by Gasteiger charge is -2.29. The van der Waals surface area contributed by atoms with Gasteiger partial charge in [0.1, 0.15) is 5.75 Å². The highest BCUT2D eigenvalue weighted by atomic mass is 35.5. The SMILES string of the molecule is COc1ccc2[nH]c3c(c2c1)CC(C)NC3c1ccccc1.Cl. The minimum absolute atomic E-state index is 0. The smallest absolute Gasteiger partial charge is 0.119 e. The third kappa shape index (κ3) is 2.71. The summed E-state index contributed by atoms with van der Waals surface area (Å²) in [4.78, 5) is 3.62. The van der Waals surface area contributed by atoms with Gasteiger partial charge < -0.3 is 15.0 Å². The molecule has 1 aliphatic rings. The Morgan fingerprint density at radius 3 is 2.61 bits per heavy atom. The number of halogens is 1. The van der Waals surface area contributed by atoms with Crippen molar-refractivity contribution in [2.75, 3.05) is 7.11 Å². The fourth-order valence-electron chi connectivity index (χ4n) is 3.48. The molecule has 4 heteroatoms. The van der Waals surface area contributed by atoms with Crippen LogP contribution in [0.4, 0.5) is 0 Å². The van der Waals surface area contributed by atoms with Crippen LogP contribution in [0.5, 0.6) is 5.75 Å². The van der Waals surface area contributed by atoms with Crippen LogP contribution in [0.2, 0.25) is 0 Å². The summed E-state index contributed by atoms with van der Waals surface area (Å²) in [5.41, 5.74) is 5.18. The van der Waals surface area contributed by atoms with E-state index in [1.165, 1.54) is 27.7 Å². The molecule has 2 N–H and O–H groups in total. The fourth-order valence-corrected chi connectivity index (χ4v) is 3.48. The summed E-state index contributed by atoms with van der Waals surface area (Å²) in [6.45, 7) is 2.25. The summed E-state index contributed by atoms with van der Waals surface area (Å²) in [5, 5.41) is 5.00. The van der Waals surface area contributed by atoms with Gasteiger partial charge in [-0.25, -0.2) is 0 Å². The number of aromatic nitrogens is 1. The number of rotatable bonds is 2. The molecule has 2 unspecified atom stereocenters. The molecule has 0 aliphatic carbocycles. The molecule has 1 aliphatic heterocycles. The number of hydrogen-bond acceptors (Lipinski definition) is 2. The van der Waals surface area contributed by atoms with Crippen molar-refractivity contribution in [3.05, 3.63) is 65.4 Å². The van der Waals surface area contributed by atoms with Gasteiger partial charge in [0.15, 0.2) is 0 Å². The number of methoxy groups -OCH3 is 1. The lowest BCUT2D eigenvalue weighted by atomic mass is 9.91. The predicted octanol–water partition coefficient (Wildman–Crippen LogP) is 4.22. The van der Waals surface area contributed by atoms with Gasteiger partial charge in [0.25, 0.3) is 0 Å². The van der Waals surface area contributed by atoms with Crippen LogP contribution in [0.3, 0.4) is 0 Å². The Bertz CT molecular complexity index is 813. The van der Waals surface area contributed by atoms with Crippen LogP contribution in [0, 0.1) is 0 Å². The van der Waals surface area contributed by atoms with Crippen molar-refractivity contribution >= 4 is 23.3 Å². The number of aromatic amines is 1. The first-order valence-electron chi connectivity index (χ1n) is 7.75. The molecule has 2 aromatic carbocycles. The monoisotopic (exact) mass is 328 g/mol. The molecule has 0 amide bonds. The largest absolute Gasteiger partial charge is 0.497 e. The fraction of sp³-hybridized carbons (Fsp3) is 0.263. The van der Waals surface area contributed by atoms with E-state index in [-0.39, 0.29) is 18.4 Å². The molecule has 1 aromatic heterocycles. The van der Waals surface area contributed by atoms with Gasteiger partial charge in [-0.2, -0.15) is 0 Å². The Kier molecular flexibility index (Phi) is 4.33. The maximum absolute atomic E-state index is 5.39. The lowest BCUT2D eigenvalue weighted by Crippen LogP contribution is -2.37. The number of hydrogen-bond donors (Lipinski definition) is 2. The third-order valence-electron chi connectivity index (χ3n) is 4.53. The third-order valence-corrected chi connectivity index (χ3v) is 4.53. The summed E-state index contributed by atoms with van der Waals surface area (Å²) in [5.74, 6) is 0.914. The van der Waals surface area contributed by atoms with Crippen LogP contribution in [-0.4, -0.2) is 18.1 Å². The van der Waals surface area contributed by atoms with Gasteiger partial charge in [0.05, 0.1) is 13.2 Å². The van der Waals surface area contributed by atoms with E-state index in [0.717, 1.165) is 12.2 Å². The normalized spacial score (nSPS) is 19.9. The quantitative estimate of drug-likeness (QED) is 0.739. The van der Waals surface area contributed by atoms with Crippen LogP contribution in [0.15, 0.2) is 48.5 Å². The van der Waals surface area contributed by atoms with Crippen LogP contribution in [-0.2, 0) is 6.42 Å². The summed E-state index contributed by atoms with van der Waals surface area (Å²) in [7, 11) is 1.72. The van der Waals surface area contributed by atoms with Crippen molar-refractivity contribution in [3.63, 3.8) is 0 Å². The Morgan fingerprint density at radius 2 is 1.87 bits per heavy atom. The molecule has 23 heavy (non-hydrogen) atoms. The van der Waals surface area contributed by atoms with Crippen LogP contribution >= 0.6 is 12.4 Å². The zero-order valence-electron chi connectivity index (χ0n) is 13.3. The van der Waals surface area contributed by atoms with Crippen molar-refractivity contribution in [1.29, 1.82) is 0 Å². The van der Waals surface area contributed by atoms with Crippen molar-refractivity contribution in [3.8, 4) is 5.75 Å². The highest BCUT2D eigenvalue weighted by Gasteiger charge is 2.28. The molecule has 3 aromatic rings. The standard InChI is InChI=1S/C19H20N2O.ClH/c1-12-10-16-15-11-14(22-2)8-9-17(15)21-19(16)18(20-12)13-6-4-3-5-7-13;/h3-9,11-12,18,20-21H,10H2,1-2H3;1H. The second-order valence-electron chi connectivity index (χ2n) is 6.04. The minimum atomic E-state index is 0. The minimum Gasteiger partial charge on any atom is -0.497 e. The molecule has 0 fully saturated rings. The summed E-state index contributed by atoms with van der Waals surface area (Å²) >= 11 is 0. The van der Waals surface area contributed by atoms with Gasteiger partial charge in [-0.3, -0.25) is 0 Å². The number of nitrogens with one attached hydrogen (secondary N) is 2. The van der Waals surface area contributed by atoms with Crippen LogP contribution in [0.25, 0.3) is 10.9 Å². The topological polar surface area (TPSA) is 37.0 Å². The van der Waals surface area contributed by atoms with E-state index in [4.69, 9.17) is 4.74 Å². The predicted molar refractivity (Wildman–Crippen MR) is 96.7 cm³/mol. The molecule has 0 spiro atoms. The highest BCUT2D eigenvalue weighted by Crippen LogP contribution is 2.36. The van der Waals surface area contributed by atoms with Gasteiger partial charge in [0.2, 0.25) is 0 Å². The molecule has 4 rings (SSSR count). The maximum atomic E-state index is 5.39. The molecule has 0 bridgehead atoms. The second-order valence-corrected chi connectivity index (χ2v) is 6.04. The number of fused-ring (bicyclic) bond motifs is 3. The van der Waals surface area contributed by atoms with Crippen molar-refractivity contribution < 1.29 is 4.74 Å². The summed E-state index contributed by atoms with van der Waals surface area (Å²) in [6, 6.07) is 17.6. The van der Waals surface area contributed by atoms with Crippen LogP contribution < -0.4 is 10.1 Å². The Labute approximate surface area is 142 Å². The van der Waals surface area contributed by atoms with E-state index in [9.17, 15) is 0 Å². The van der Waals surface area contributed by atoms with Crippen molar-refractivity contribution in [2.24, 2.45) is 0 Å². The molecule has 2 atom stereocenters. The molecule has 0 saturated heterocycles. The lowest BCUT2D eigenvalue weighted by molar-refractivity contribution is 0.415. The van der Waals surface area contributed by atoms with Gasteiger partial charge >= 0.3 is 0 Å². The highest BCUT2D eigenvalue weighted by molar-refractivity contribution is 5.87. The zero-order valence-corrected chi connectivity index (χ0v) is 14.1. The number of benzene rings is 2. The van der Waals surface area contributed by atoms with Crippen molar-refractivity contribution in [1.82, 2.24) is 10.3 Å². The van der Waals surface area contributed by atoms with E-state index >= 15 is 0 Å². The zero-order chi connectivity index (χ0) is 15.1. The Morgan fingerprint density at radius 1 is 1.09 bits per heavy atom. The van der Waals surface area contributed by atoms with Gasteiger partial charge in [-0.1, -0.05) is 30.3 Å². The van der Waals surface area contributed by atoms with E-state index in [2.05, 4.69) is 59.7 Å². The first-order chi connectivity index (χ1) is 10.8. The summed E-state index contributed by atoms with van der Waals surface area (Å²) in [6.07, 6.45) is 1.03. The number of H-pyrrole nitrogens is 1. The summed E-state index contributed by atoms with van der Waals surface area (Å²) < 4.78 is 5.39. The molecule has 2 heterocycles. The maximum Gasteiger partial charge on any atom is 0.119 e. The molecular weight excluding hydrogens is 308 g/mol. The Balaban J connectivity index is 0.00000156. The van der Waals surface area contributed by atoms with Gasteiger partial charge in [-0.15, -0.1) is 12.4 Å². The molecule has 120 valence electrons. The van der Waals surface area contributed by atoms with E-state index < -0.39 is 0 Å².